The van der Waals surface area contributed by atoms with Gasteiger partial charge in [-0.25, -0.2) is 4.98 Å². The summed E-state index contributed by atoms with van der Waals surface area (Å²) in [5, 5.41) is 0. The van der Waals surface area contributed by atoms with E-state index in [2.05, 4.69) is 4.98 Å². The molecule has 0 saturated carbocycles. The Labute approximate surface area is 164 Å². The molecule has 0 N–H and O–H groups in total. The average Bonchev–Trinajstić information content (AvgIpc) is 3.21. The maximum absolute atomic E-state index is 13.1. The first kappa shape index (κ1) is 20.2. The minimum atomic E-state index is -4.44. The van der Waals surface area contributed by atoms with E-state index in [9.17, 15) is 18.0 Å². The second-order valence-corrected chi connectivity index (χ2v) is 5.92. The minimum absolute atomic E-state index is 0.206. The van der Waals surface area contributed by atoms with Crippen molar-refractivity contribution in [1.82, 2.24) is 9.55 Å². The molecule has 1 aromatic heterocycles. The standard InChI is InChI=1S/C20H17F3N2O4/c1-27-15-10-13(11-16(28-2)17(15)29-3)19(26)25-9-8-24-18(25)12-4-6-14(7-5-12)20(21,22)23/h4-11H,1-3H3. The highest BCUT2D eigenvalue weighted by Gasteiger charge is 2.30. The van der Waals surface area contributed by atoms with Crippen LogP contribution in [0.3, 0.4) is 0 Å². The summed E-state index contributed by atoms with van der Waals surface area (Å²) in [5.74, 6) is 0.673. The molecule has 6 nitrogen and oxygen atoms in total. The van der Waals surface area contributed by atoms with Crippen LogP contribution in [0.2, 0.25) is 0 Å². The molecule has 3 rings (SSSR count). The fourth-order valence-corrected chi connectivity index (χ4v) is 2.83. The fraction of sp³-hybridized carbons (Fsp3) is 0.200. The number of ether oxygens (including phenoxy) is 3. The summed E-state index contributed by atoms with van der Waals surface area (Å²) < 4.78 is 55.4. The topological polar surface area (TPSA) is 62.6 Å². The molecule has 0 aliphatic rings. The Morgan fingerprint density at radius 3 is 2.03 bits per heavy atom. The number of carbonyl (C=O) groups excluding carboxylic acids is 1. The van der Waals surface area contributed by atoms with E-state index >= 15 is 0 Å². The molecule has 0 aliphatic heterocycles. The monoisotopic (exact) mass is 406 g/mol. The Kier molecular flexibility index (Phi) is 5.49. The first-order valence-corrected chi connectivity index (χ1v) is 8.35. The number of alkyl halides is 3. The van der Waals surface area contributed by atoms with Gasteiger partial charge in [-0.15, -0.1) is 0 Å². The Morgan fingerprint density at radius 2 is 1.55 bits per heavy atom. The number of halogens is 3. The Balaban J connectivity index is 2.02. The zero-order valence-electron chi connectivity index (χ0n) is 15.8. The SMILES string of the molecule is COc1cc(C(=O)n2ccnc2-c2ccc(C(F)(F)F)cc2)cc(OC)c1OC. The fourth-order valence-electron chi connectivity index (χ4n) is 2.83. The van der Waals surface area contributed by atoms with Crippen LogP contribution in [0, 0.1) is 0 Å². The molecule has 0 amide bonds. The zero-order chi connectivity index (χ0) is 21.2. The summed E-state index contributed by atoms with van der Waals surface area (Å²) in [4.78, 5) is 17.2. The molecule has 2 aromatic carbocycles. The Bertz CT molecular complexity index is 1000. The predicted molar refractivity (Wildman–Crippen MR) is 98.5 cm³/mol. The van der Waals surface area contributed by atoms with Gasteiger partial charge in [0.05, 0.1) is 26.9 Å². The molecule has 0 aliphatic carbocycles. The van der Waals surface area contributed by atoms with Crippen LogP contribution in [0.4, 0.5) is 13.2 Å². The predicted octanol–water partition coefficient (Wildman–Crippen LogP) is 4.28. The zero-order valence-corrected chi connectivity index (χ0v) is 15.8. The first-order valence-electron chi connectivity index (χ1n) is 8.35. The highest BCUT2D eigenvalue weighted by Crippen LogP contribution is 2.38. The largest absolute Gasteiger partial charge is 0.493 e. The van der Waals surface area contributed by atoms with E-state index in [1.54, 1.807) is 0 Å². The molecule has 0 unspecified atom stereocenters. The lowest BCUT2D eigenvalue weighted by Crippen LogP contribution is -2.13. The van der Waals surface area contributed by atoms with Gasteiger partial charge in [0.25, 0.3) is 5.91 Å². The molecular formula is C20H17F3N2O4. The molecule has 152 valence electrons. The summed E-state index contributed by atoms with van der Waals surface area (Å²) in [6.07, 6.45) is -1.62. The third kappa shape index (κ3) is 3.89. The van der Waals surface area contributed by atoms with Gasteiger partial charge in [0, 0.05) is 23.5 Å². The lowest BCUT2D eigenvalue weighted by molar-refractivity contribution is -0.137. The smallest absolute Gasteiger partial charge is 0.416 e. The van der Waals surface area contributed by atoms with Gasteiger partial charge in [-0.05, 0) is 24.3 Å². The molecule has 0 atom stereocenters. The lowest BCUT2D eigenvalue weighted by atomic mass is 10.1. The quantitative estimate of drug-likeness (QED) is 0.633. The van der Waals surface area contributed by atoms with Crippen molar-refractivity contribution < 1.29 is 32.2 Å². The van der Waals surface area contributed by atoms with E-state index < -0.39 is 17.6 Å². The van der Waals surface area contributed by atoms with E-state index in [-0.39, 0.29) is 11.4 Å². The van der Waals surface area contributed by atoms with Crippen LogP contribution in [0.5, 0.6) is 17.2 Å². The van der Waals surface area contributed by atoms with Crippen LogP contribution in [-0.2, 0) is 6.18 Å². The maximum atomic E-state index is 13.1. The number of nitrogens with zero attached hydrogens (tertiary/aromatic N) is 2. The van der Waals surface area contributed by atoms with Crippen LogP contribution in [0.1, 0.15) is 15.9 Å². The Morgan fingerprint density at radius 1 is 0.966 bits per heavy atom. The highest BCUT2D eigenvalue weighted by atomic mass is 19.4. The first-order chi connectivity index (χ1) is 13.8. The molecule has 29 heavy (non-hydrogen) atoms. The van der Waals surface area contributed by atoms with Gasteiger partial charge >= 0.3 is 6.18 Å². The van der Waals surface area contributed by atoms with E-state index in [1.165, 1.54) is 62.6 Å². The van der Waals surface area contributed by atoms with Crippen LogP contribution in [-0.4, -0.2) is 36.8 Å². The molecule has 0 bridgehead atoms. The molecule has 0 radical (unpaired) electrons. The number of rotatable bonds is 5. The van der Waals surface area contributed by atoms with Crippen molar-refractivity contribution in [3.63, 3.8) is 0 Å². The van der Waals surface area contributed by atoms with Gasteiger partial charge < -0.3 is 14.2 Å². The third-order valence-corrected chi connectivity index (χ3v) is 4.24. The van der Waals surface area contributed by atoms with Gasteiger partial charge in [0.1, 0.15) is 5.82 Å². The van der Waals surface area contributed by atoms with Gasteiger partial charge in [0.2, 0.25) is 5.75 Å². The van der Waals surface area contributed by atoms with Crippen LogP contribution < -0.4 is 14.2 Å². The lowest BCUT2D eigenvalue weighted by Gasteiger charge is -2.14. The van der Waals surface area contributed by atoms with Crippen LogP contribution >= 0.6 is 0 Å². The third-order valence-electron chi connectivity index (χ3n) is 4.24. The molecule has 0 fully saturated rings. The number of aromatic nitrogens is 2. The maximum Gasteiger partial charge on any atom is 0.416 e. The second kappa shape index (κ2) is 7.86. The molecule has 0 saturated heterocycles. The van der Waals surface area contributed by atoms with Crippen molar-refractivity contribution in [2.45, 2.75) is 6.18 Å². The minimum Gasteiger partial charge on any atom is -0.493 e. The van der Waals surface area contributed by atoms with Crippen LogP contribution in [0.25, 0.3) is 11.4 Å². The summed E-state index contributed by atoms with van der Waals surface area (Å²) in [7, 11) is 4.30. The van der Waals surface area contributed by atoms with Crippen molar-refractivity contribution in [1.29, 1.82) is 0 Å². The van der Waals surface area contributed by atoms with Gasteiger partial charge in [-0.2, -0.15) is 13.2 Å². The number of carbonyl (C=O) groups is 1. The normalized spacial score (nSPS) is 11.2. The number of hydrogen-bond donors (Lipinski definition) is 0. The number of imidazole rings is 1. The van der Waals surface area contributed by atoms with E-state index in [0.717, 1.165) is 12.1 Å². The van der Waals surface area contributed by atoms with Crippen molar-refractivity contribution in [3.05, 3.63) is 59.9 Å². The van der Waals surface area contributed by atoms with Gasteiger partial charge in [-0.1, -0.05) is 12.1 Å². The van der Waals surface area contributed by atoms with Crippen molar-refractivity contribution >= 4 is 5.91 Å². The molecule has 9 heteroatoms. The van der Waals surface area contributed by atoms with Gasteiger partial charge in [-0.3, -0.25) is 9.36 Å². The molecule has 1 heterocycles. The summed E-state index contributed by atoms with van der Waals surface area (Å²) in [5.41, 5.74) is -0.190. The number of methoxy groups -OCH3 is 3. The average molecular weight is 406 g/mol. The second-order valence-electron chi connectivity index (χ2n) is 5.92. The van der Waals surface area contributed by atoms with Crippen molar-refractivity contribution in [2.24, 2.45) is 0 Å². The summed E-state index contributed by atoms with van der Waals surface area (Å²) in [6.45, 7) is 0. The molecule has 3 aromatic rings. The number of hydrogen-bond acceptors (Lipinski definition) is 5. The highest BCUT2D eigenvalue weighted by molar-refractivity contribution is 5.99. The van der Waals surface area contributed by atoms with E-state index in [1.807, 2.05) is 0 Å². The van der Waals surface area contributed by atoms with Crippen molar-refractivity contribution in [3.8, 4) is 28.6 Å². The molecule has 0 spiro atoms. The van der Waals surface area contributed by atoms with Crippen molar-refractivity contribution in [2.75, 3.05) is 21.3 Å². The van der Waals surface area contributed by atoms with E-state index in [4.69, 9.17) is 14.2 Å². The van der Waals surface area contributed by atoms with Gasteiger partial charge in [0.15, 0.2) is 11.5 Å². The summed E-state index contributed by atoms with van der Waals surface area (Å²) in [6, 6.07) is 7.39. The number of benzene rings is 2. The van der Waals surface area contributed by atoms with E-state index in [0.29, 0.717) is 22.8 Å². The summed E-state index contributed by atoms with van der Waals surface area (Å²) >= 11 is 0. The molecular weight excluding hydrogens is 389 g/mol. The Hall–Kier alpha value is -3.49. The van der Waals surface area contributed by atoms with Crippen LogP contribution in [0.15, 0.2) is 48.8 Å².